The number of hydrogen-bond acceptors (Lipinski definition) is 3. The maximum absolute atomic E-state index is 12.3. The first-order valence-electron chi connectivity index (χ1n) is 5.64. The Hall–Kier alpha value is -2.09. The molecule has 0 aliphatic carbocycles. The summed E-state index contributed by atoms with van der Waals surface area (Å²) < 4.78 is 26.1. The highest BCUT2D eigenvalue weighted by Crippen LogP contribution is 2.27. The van der Waals surface area contributed by atoms with Gasteiger partial charge in [0.2, 0.25) is 0 Å². The second kappa shape index (κ2) is 6.38. The van der Waals surface area contributed by atoms with Crippen LogP contribution in [0.3, 0.4) is 0 Å². The molecule has 0 spiro atoms. The highest BCUT2D eigenvalue weighted by Gasteiger charge is 2.08. The second-order valence-corrected chi connectivity index (χ2v) is 4.95. The van der Waals surface area contributed by atoms with Crippen LogP contribution in [0.1, 0.15) is 0 Å². The van der Waals surface area contributed by atoms with E-state index in [-0.39, 0.29) is 0 Å². The van der Waals surface area contributed by atoms with Crippen molar-refractivity contribution >= 4 is 29.2 Å². The van der Waals surface area contributed by atoms with Gasteiger partial charge in [-0.1, -0.05) is 17.8 Å². The summed E-state index contributed by atoms with van der Waals surface area (Å²) >= 11 is 0.429. The molecule has 20 heavy (non-hydrogen) atoms. The number of carbonyl (C=O) groups is 1. The third kappa shape index (κ3) is 4.23. The van der Waals surface area contributed by atoms with Crippen molar-refractivity contribution in [3.8, 4) is 0 Å². The van der Waals surface area contributed by atoms with Gasteiger partial charge in [0.1, 0.15) is 0 Å². The number of urea groups is 1. The first-order chi connectivity index (χ1) is 9.52. The van der Waals surface area contributed by atoms with Crippen LogP contribution in [0.4, 0.5) is 25.0 Å². The van der Waals surface area contributed by atoms with Gasteiger partial charge in [0, 0.05) is 23.8 Å². The Kier molecular flexibility index (Phi) is 4.57. The van der Waals surface area contributed by atoms with Gasteiger partial charge >= 0.3 is 6.03 Å². The quantitative estimate of drug-likeness (QED) is 0.851. The van der Waals surface area contributed by atoms with E-state index >= 15 is 0 Å². The van der Waals surface area contributed by atoms with E-state index in [1.807, 2.05) is 0 Å². The summed E-state index contributed by atoms with van der Waals surface area (Å²) in [5.41, 5.74) is 0.986. The zero-order chi connectivity index (χ0) is 14.5. The van der Waals surface area contributed by atoms with E-state index in [0.717, 1.165) is 0 Å². The molecular weight excluding hydrogens is 286 g/mol. The highest BCUT2D eigenvalue weighted by molar-refractivity contribution is 7.99. The molecule has 0 atom stereocenters. The minimum absolute atomic E-state index is 0.388. The largest absolute Gasteiger partial charge is 0.323 e. The summed E-state index contributed by atoms with van der Waals surface area (Å²) in [5.74, 6) is -2.49. The number of amides is 2. The number of aryl methyl sites for hydroxylation is 1. The van der Waals surface area contributed by atoms with Gasteiger partial charge in [0.05, 0.1) is 11.9 Å². The van der Waals surface area contributed by atoms with Crippen molar-refractivity contribution in [1.82, 2.24) is 9.78 Å². The molecule has 0 saturated carbocycles. The SMILES string of the molecule is Cn1cc(NC(=O)Nc2cccc(SC(F)F)c2)cn1. The lowest BCUT2D eigenvalue weighted by molar-refractivity contribution is 0.252. The van der Waals surface area contributed by atoms with Gasteiger partial charge in [-0.2, -0.15) is 13.9 Å². The molecule has 0 fully saturated rings. The fourth-order valence-electron chi connectivity index (χ4n) is 1.53. The average molecular weight is 298 g/mol. The van der Waals surface area contributed by atoms with Crippen LogP contribution < -0.4 is 10.6 Å². The van der Waals surface area contributed by atoms with Gasteiger partial charge < -0.3 is 10.6 Å². The van der Waals surface area contributed by atoms with Crippen LogP contribution in [0.15, 0.2) is 41.6 Å². The molecule has 2 aromatic rings. The number of anilines is 2. The first-order valence-corrected chi connectivity index (χ1v) is 6.52. The topological polar surface area (TPSA) is 59.0 Å². The number of nitrogens with zero attached hydrogens (tertiary/aromatic N) is 2. The first kappa shape index (κ1) is 14.3. The van der Waals surface area contributed by atoms with Crippen LogP contribution in [-0.4, -0.2) is 21.6 Å². The van der Waals surface area contributed by atoms with E-state index in [1.165, 1.54) is 12.3 Å². The Labute approximate surface area is 118 Å². The molecule has 1 aromatic carbocycles. The van der Waals surface area contributed by atoms with Crippen molar-refractivity contribution in [2.75, 3.05) is 10.6 Å². The van der Waals surface area contributed by atoms with E-state index in [1.54, 1.807) is 36.1 Å². The fourth-order valence-corrected chi connectivity index (χ4v) is 2.09. The summed E-state index contributed by atoms with van der Waals surface area (Å²) in [6.45, 7) is 0. The Bertz CT molecular complexity index is 603. The fraction of sp³-hybridized carbons (Fsp3) is 0.167. The molecule has 106 valence electrons. The van der Waals surface area contributed by atoms with Gasteiger partial charge in [-0.25, -0.2) is 4.79 Å². The Balaban J connectivity index is 1.97. The summed E-state index contributed by atoms with van der Waals surface area (Å²) in [7, 11) is 1.73. The summed E-state index contributed by atoms with van der Waals surface area (Å²) in [6.07, 6.45) is 3.14. The maximum atomic E-state index is 12.3. The number of halogens is 2. The van der Waals surface area contributed by atoms with Crippen molar-refractivity contribution in [3.63, 3.8) is 0 Å². The van der Waals surface area contributed by atoms with Crippen LogP contribution >= 0.6 is 11.8 Å². The van der Waals surface area contributed by atoms with E-state index in [2.05, 4.69) is 15.7 Å². The standard InChI is InChI=1S/C12H12F2N4OS/c1-18-7-9(6-15-18)17-12(19)16-8-3-2-4-10(5-8)20-11(13)14/h2-7,11H,1H3,(H2,16,17,19). The molecule has 0 bridgehead atoms. The third-order valence-corrected chi connectivity index (χ3v) is 2.98. The smallest absolute Gasteiger partial charge is 0.308 e. The molecule has 2 rings (SSSR count). The summed E-state index contributed by atoms with van der Waals surface area (Å²) in [6, 6.07) is 5.81. The van der Waals surface area contributed by atoms with Gasteiger partial charge in [-0.05, 0) is 18.2 Å². The maximum Gasteiger partial charge on any atom is 0.323 e. The molecule has 1 aromatic heterocycles. The second-order valence-electron chi connectivity index (χ2n) is 3.89. The van der Waals surface area contributed by atoms with Crippen molar-refractivity contribution < 1.29 is 13.6 Å². The molecule has 8 heteroatoms. The van der Waals surface area contributed by atoms with Crippen LogP contribution in [0.25, 0.3) is 0 Å². The lowest BCUT2D eigenvalue weighted by Gasteiger charge is -2.07. The number of carbonyl (C=O) groups excluding carboxylic acids is 1. The van der Waals surface area contributed by atoms with Gasteiger partial charge in [0.25, 0.3) is 5.76 Å². The summed E-state index contributed by atoms with van der Waals surface area (Å²) in [5, 5.41) is 9.06. The van der Waals surface area contributed by atoms with Gasteiger partial charge in [0.15, 0.2) is 0 Å². The third-order valence-electron chi connectivity index (χ3n) is 2.28. The van der Waals surface area contributed by atoms with E-state index < -0.39 is 11.8 Å². The van der Waals surface area contributed by atoms with Gasteiger partial charge in [-0.15, -0.1) is 0 Å². The minimum Gasteiger partial charge on any atom is -0.308 e. The van der Waals surface area contributed by atoms with E-state index in [0.29, 0.717) is 28.0 Å². The van der Waals surface area contributed by atoms with Crippen molar-refractivity contribution in [2.24, 2.45) is 7.05 Å². The predicted molar refractivity (Wildman–Crippen MR) is 74.2 cm³/mol. The van der Waals surface area contributed by atoms with Crippen LogP contribution in [0.5, 0.6) is 0 Å². The molecule has 2 N–H and O–H groups in total. The summed E-state index contributed by atoms with van der Waals surface area (Å²) in [4.78, 5) is 12.1. The molecular formula is C12H12F2N4OS. The predicted octanol–water partition coefficient (Wildman–Crippen LogP) is 3.38. The molecule has 2 amide bonds. The number of thioether (sulfide) groups is 1. The number of nitrogens with one attached hydrogen (secondary N) is 2. The zero-order valence-corrected chi connectivity index (χ0v) is 11.3. The van der Waals surface area contributed by atoms with Crippen molar-refractivity contribution in [1.29, 1.82) is 0 Å². The molecule has 0 aliphatic heterocycles. The minimum atomic E-state index is -2.49. The number of benzene rings is 1. The Morgan fingerprint density at radius 3 is 2.75 bits per heavy atom. The van der Waals surface area contributed by atoms with Crippen molar-refractivity contribution in [3.05, 3.63) is 36.7 Å². The van der Waals surface area contributed by atoms with Crippen LogP contribution in [0.2, 0.25) is 0 Å². The molecule has 5 nitrogen and oxygen atoms in total. The zero-order valence-electron chi connectivity index (χ0n) is 10.5. The Morgan fingerprint density at radius 1 is 1.35 bits per heavy atom. The number of alkyl halides is 2. The monoisotopic (exact) mass is 298 g/mol. The number of rotatable bonds is 4. The lowest BCUT2D eigenvalue weighted by Crippen LogP contribution is -2.19. The molecule has 0 unspecified atom stereocenters. The molecule has 0 radical (unpaired) electrons. The average Bonchev–Trinajstić information content (AvgIpc) is 2.74. The van der Waals surface area contributed by atoms with Gasteiger partial charge in [-0.3, -0.25) is 4.68 Å². The lowest BCUT2D eigenvalue weighted by atomic mass is 10.3. The Morgan fingerprint density at radius 2 is 2.10 bits per heavy atom. The molecule has 1 heterocycles. The molecule has 0 aliphatic rings. The van der Waals surface area contributed by atoms with Crippen LogP contribution in [0, 0.1) is 0 Å². The van der Waals surface area contributed by atoms with E-state index in [4.69, 9.17) is 0 Å². The van der Waals surface area contributed by atoms with Crippen molar-refractivity contribution in [2.45, 2.75) is 10.7 Å². The van der Waals surface area contributed by atoms with Crippen LogP contribution in [-0.2, 0) is 7.05 Å². The number of aromatic nitrogens is 2. The van der Waals surface area contributed by atoms with E-state index in [9.17, 15) is 13.6 Å². The number of hydrogen-bond donors (Lipinski definition) is 2. The molecule has 0 saturated heterocycles. The normalized spacial score (nSPS) is 10.6. The highest BCUT2D eigenvalue weighted by atomic mass is 32.2.